The molecule has 0 bridgehead atoms. The highest BCUT2D eigenvalue weighted by atomic mass is 16.2. The van der Waals surface area contributed by atoms with Crippen molar-refractivity contribution in [2.75, 3.05) is 13.1 Å². The molecule has 1 aliphatic heterocycles. The smallest absolute Gasteiger partial charge is 0.225 e. The first-order chi connectivity index (χ1) is 8.34. The predicted molar refractivity (Wildman–Crippen MR) is 64.4 cm³/mol. The normalized spacial score (nSPS) is 22.5. The molecule has 3 rings (SSSR count). The number of nitrogens with zero attached hydrogens (tertiary/aromatic N) is 3. The van der Waals surface area contributed by atoms with Crippen LogP contribution in [0, 0.1) is 5.92 Å². The molecular weight excluding hydrogens is 214 g/mol. The Hall–Kier alpha value is -1.32. The summed E-state index contributed by atoms with van der Waals surface area (Å²) in [7, 11) is 0. The summed E-state index contributed by atoms with van der Waals surface area (Å²) in [4.78, 5) is 14.1. The Balaban J connectivity index is 1.55. The third-order valence-electron chi connectivity index (χ3n) is 4.13. The molecular formula is C13H19N3O. The molecule has 0 aromatic carbocycles. The van der Waals surface area contributed by atoms with E-state index >= 15 is 0 Å². The molecule has 2 fully saturated rings. The Morgan fingerprint density at radius 1 is 1.18 bits per heavy atom. The molecule has 17 heavy (non-hydrogen) atoms. The van der Waals surface area contributed by atoms with Crippen LogP contribution in [0.5, 0.6) is 0 Å². The fourth-order valence-corrected chi connectivity index (χ4v) is 2.76. The number of piperidine rings is 1. The maximum Gasteiger partial charge on any atom is 0.225 e. The average molecular weight is 233 g/mol. The van der Waals surface area contributed by atoms with Crippen LogP contribution < -0.4 is 0 Å². The van der Waals surface area contributed by atoms with E-state index in [0.717, 1.165) is 38.8 Å². The van der Waals surface area contributed by atoms with Crippen LogP contribution in [-0.2, 0) is 4.79 Å². The minimum atomic E-state index is 0.344. The first kappa shape index (κ1) is 10.8. The quantitative estimate of drug-likeness (QED) is 0.782. The molecule has 1 aromatic heterocycles. The topological polar surface area (TPSA) is 38.1 Å². The second kappa shape index (κ2) is 4.51. The predicted octanol–water partition coefficient (Wildman–Crippen LogP) is 1.85. The Labute approximate surface area is 102 Å². The molecule has 1 aliphatic carbocycles. The van der Waals surface area contributed by atoms with Crippen LogP contribution in [0.1, 0.15) is 38.1 Å². The van der Waals surface area contributed by atoms with Gasteiger partial charge in [0.15, 0.2) is 0 Å². The van der Waals surface area contributed by atoms with Gasteiger partial charge in [-0.3, -0.25) is 9.48 Å². The minimum absolute atomic E-state index is 0.344. The van der Waals surface area contributed by atoms with Gasteiger partial charge in [0.25, 0.3) is 0 Å². The second-order valence-corrected chi connectivity index (χ2v) is 5.17. The van der Waals surface area contributed by atoms with Gasteiger partial charge in [-0.05, 0) is 31.7 Å². The fraction of sp³-hybridized carbons (Fsp3) is 0.692. The van der Waals surface area contributed by atoms with Crippen molar-refractivity contribution < 1.29 is 4.79 Å². The molecule has 1 saturated heterocycles. The lowest BCUT2D eigenvalue weighted by molar-refractivity contribution is -0.139. The summed E-state index contributed by atoms with van der Waals surface area (Å²) in [6, 6.07) is 2.45. The highest BCUT2D eigenvalue weighted by molar-refractivity contribution is 5.79. The number of hydrogen-bond acceptors (Lipinski definition) is 2. The van der Waals surface area contributed by atoms with E-state index in [2.05, 4.69) is 10.00 Å². The average Bonchev–Trinajstić information content (AvgIpc) is 2.80. The summed E-state index contributed by atoms with van der Waals surface area (Å²) < 4.78 is 2.03. The van der Waals surface area contributed by atoms with Crippen LogP contribution in [-0.4, -0.2) is 33.7 Å². The highest BCUT2D eigenvalue weighted by Crippen LogP contribution is 2.30. The van der Waals surface area contributed by atoms with E-state index in [-0.39, 0.29) is 0 Å². The lowest BCUT2D eigenvalue weighted by atomic mass is 9.84. The summed E-state index contributed by atoms with van der Waals surface area (Å²) in [5.74, 6) is 0.742. The Morgan fingerprint density at radius 2 is 1.94 bits per heavy atom. The zero-order valence-corrected chi connectivity index (χ0v) is 10.1. The van der Waals surface area contributed by atoms with E-state index in [1.807, 2.05) is 23.1 Å². The number of aromatic nitrogens is 2. The van der Waals surface area contributed by atoms with Gasteiger partial charge in [0.05, 0.1) is 6.04 Å². The van der Waals surface area contributed by atoms with Crippen molar-refractivity contribution in [3.63, 3.8) is 0 Å². The number of amides is 1. The van der Waals surface area contributed by atoms with E-state index in [9.17, 15) is 4.79 Å². The van der Waals surface area contributed by atoms with E-state index in [4.69, 9.17) is 0 Å². The molecule has 0 atom stereocenters. The molecule has 0 N–H and O–H groups in total. The maximum absolute atomic E-state index is 12.1. The Kier molecular flexibility index (Phi) is 2.87. The van der Waals surface area contributed by atoms with Crippen molar-refractivity contribution in [1.29, 1.82) is 0 Å². The Morgan fingerprint density at radius 3 is 2.47 bits per heavy atom. The van der Waals surface area contributed by atoms with Crippen LogP contribution in [0.4, 0.5) is 0 Å². The van der Waals surface area contributed by atoms with E-state index < -0.39 is 0 Å². The number of likely N-dealkylation sites (tertiary alicyclic amines) is 1. The van der Waals surface area contributed by atoms with Crippen LogP contribution in [0.2, 0.25) is 0 Å². The molecule has 1 saturated carbocycles. The molecule has 4 nitrogen and oxygen atoms in total. The number of rotatable bonds is 2. The summed E-state index contributed by atoms with van der Waals surface area (Å²) in [5.41, 5.74) is 0. The summed E-state index contributed by atoms with van der Waals surface area (Å²) in [6.45, 7) is 1.81. The first-order valence-corrected chi connectivity index (χ1v) is 6.62. The minimum Gasteiger partial charge on any atom is -0.342 e. The third kappa shape index (κ3) is 2.08. The van der Waals surface area contributed by atoms with Crippen LogP contribution in [0.25, 0.3) is 0 Å². The summed E-state index contributed by atoms with van der Waals surface area (Å²) >= 11 is 0. The molecule has 1 aromatic rings. The van der Waals surface area contributed by atoms with E-state index in [0.29, 0.717) is 17.9 Å². The molecule has 0 radical (unpaired) electrons. The zero-order chi connectivity index (χ0) is 11.7. The third-order valence-corrected chi connectivity index (χ3v) is 4.13. The number of carbonyl (C=O) groups is 1. The fourth-order valence-electron chi connectivity index (χ4n) is 2.76. The van der Waals surface area contributed by atoms with Gasteiger partial charge < -0.3 is 4.90 Å². The van der Waals surface area contributed by atoms with Gasteiger partial charge in [-0.2, -0.15) is 5.10 Å². The van der Waals surface area contributed by atoms with Gasteiger partial charge >= 0.3 is 0 Å². The zero-order valence-electron chi connectivity index (χ0n) is 10.1. The molecule has 92 valence electrons. The van der Waals surface area contributed by atoms with Crippen LogP contribution in [0.15, 0.2) is 18.5 Å². The first-order valence-electron chi connectivity index (χ1n) is 6.62. The SMILES string of the molecule is O=C(C1CCC1)N1CCC(n2cccn2)CC1. The molecule has 0 spiro atoms. The van der Waals surface area contributed by atoms with Crippen molar-refractivity contribution >= 4 is 5.91 Å². The van der Waals surface area contributed by atoms with Crippen LogP contribution >= 0.6 is 0 Å². The maximum atomic E-state index is 12.1. The van der Waals surface area contributed by atoms with Crippen molar-refractivity contribution in [3.05, 3.63) is 18.5 Å². The van der Waals surface area contributed by atoms with E-state index in [1.165, 1.54) is 6.42 Å². The van der Waals surface area contributed by atoms with Gasteiger partial charge in [0, 0.05) is 31.4 Å². The summed E-state index contributed by atoms with van der Waals surface area (Å²) in [6.07, 6.45) is 9.39. The largest absolute Gasteiger partial charge is 0.342 e. The van der Waals surface area contributed by atoms with Gasteiger partial charge in [-0.1, -0.05) is 6.42 Å². The van der Waals surface area contributed by atoms with Crippen molar-refractivity contribution in [1.82, 2.24) is 14.7 Å². The summed E-state index contributed by atoms with van der Waals surface area (Å²) in [5, 5.41) is 4.29. The standard InChI is InChI=1S/C13H19N3O/c17-13(11-3-1-4-11)15-9-5-12(6-10-15)16-8-2-7-14-16/h2,7-8,11-12H,1,3-6,9-10H2. The van der Waals surface area contributed by atoms with Crippen molar-refractivity contribution in [2.45, 2.75) is 38.1 Å². The van der Waals surface area contributed by atoms with Crippen molar-refractivity contribution in [3.8, 4) is 0 Å². The monoisotopic (exact) mass is 233 g/mol. The lowest BCUT2D eigenvalue weighted by Gasteiger charge is -2.36. The van der Waals surface area contributed by atoms with E-state index in [1.54, 1.807) is 0 Å². The van der Waals surface area contributed by atoms with Gasteiger partial charge in [-0.25, -0.2) is 0 Å². The molecule has 4 heteroatoms. The number of carbonyl (C=O) groups excluding carboxylic acids is 1. The van der Waals surface area contributed by atoms with Crippen molar-refractivity contribution in [2.24, 2.45) is 5.92 Å². The van der Waals surface area contributed by atoms with Gasteiger partial charge in [0.1, 0.15) is 0 Å². The molecule has 2 heterocycles. The molecule has 0 unspecified atom stereocenters. The second-order valence-electron chi connectivity index (χ2n) is 5.17. The van der Waals surface area contributed by atoms with Crippen LogP contribution in [0.3, 0.4) is 0 Å². The number of hydrogen-bond donors (Lipinski definition) is 0. The van der Waals surface area contributed by atoms with Gasteiger partial charge in [-0.15, -0.1) is 0 Å². The van der Waals surface area contributed by atoms with Gasteiger partial charge in [0.2, 0.25) is 5.91 Å². The molecule has 1 amide bonds. The lowest BCUT2D eigenvalue weighted by Crippen LogP contribution is -2.43. The molecule has 2 aliphatic rings. The highest BCUT2D eigenvalue weighted by Gasteiger charge is 2.31. The Bertz CT molecular complexity index is 375.